The largest absolute Gasteiger partial charge is 0.456 e. The van der Waals surface area contributed by atoms with Crippen molar-refractivity contribution in [1.29, 1.82) is 0 Å². The van der Waals surface area contributed by atoms with Gasteiger partial charge in [-0.3, -0.25) is 19.2 Å². The van der Waals surface area contributed by atoms with Gasteiger partial charge in [0.15, 0.2) is 37.0 Å². The predicted molar refractivity (Wildman–Crippen MR) is 104 cm³/mol. The standard InChI is InChI=1S/C20H30O13/c1-8-13(28-9(2)21)14(29-10(3)22)16(30-11(4)23)19(27-8)32-17-15(25-6)18(26-7)33-20(17)31-12(5)24/h8,13-20H,1-7H3/t8-,13-,14+,15+,16+,17+,18+,19-,20-/m0/s1. The first-order valence-electron chi connectivity index (χ1n) is 10.2. The molecule has 0 aromatic rings. The zero-order valence-corrected chi connectivity index (χ0v) is 19.5. The molecule has 2 heterocycles. The highest BCUT2D eigenvalue weighted by molar-refractivity contribution is 5.68. The molecule has 0 amide bonds. The van der Waals surface area contributed by atoms with E-state index in [4.69, 9.17) is 42.6 Å². The number of hydrogen-bond acceptors (Lipinski definition) is 13. The second-order valence-electron chi connectivity index (χ2n) is 7.45. The fourth-order valence-electron chi connectivity index (χ4n) is 3.67. The summed E-state index contributed by atoms with van der Waals surface area (Å²) < 4.78 is 49.2. The second kappa shape index (κ2) is 11.7. The lowest BCUT2D eigenvalue weighted by atomic mass is 9.98. The summed E-state index contributed by atoms with van der Waals surface area (Å²) in [7, 11) is 2.74. The van der Waals surface area contributed by atoms with E-state index < -0.39 is 79.4 Å². The summed E-state index contributed by atoms with van der Waals surface area (Å²) in [6, 6.07) is 0. The first-order chi connectivity index (χ1) is 15.5. The van der Waals surface area contributed by atoms with Crippen LogP contribution < -0.4 is 0 Å². The Kier molecular flexibility index (Phi) is 9.55. The van der Waals surface area contributed by atoms with E-state index in [1.165, 1.54) is 28.1 Å². The molecule has 13 heteroatoms. The van der Waals surface area contributed by atoms with Gasteiger partial charge in [-0.15, -0.1) is 0 Å². The van der Waals surface area contributed by atoms with E-state index in [1.807, 2.05) is 0 Å². The summed E-state index contributed by atoms with van der Waals surface area (Å²) in [6.45, 7) is 6.21. The Hall–Kier alpha value is -2.32. The first kappa shape index (κ1) is 26.9. The van der Waals surface area contributed by atoms with Crippen LogP contribution in [0.1, 0.15) is 34.6 Å². The number of hydrogen-bond donors (Lipinski definition) is 0. The summed E-state index contributed by atoms with van der Waals surface area (Å²) >= 11 is 0. The van der Waals surface area contributed by atoms with Gasteiger partial charge in [0.2, 0.25) is 6.29 Å². The molecule has 2 aliphatic rings. The quantitative estimate of drug-likeness (QED) is 0.335. The van der Waals surface area contributed by atoms with Crippen molar-refractivity contribution >= 4 is 23.9 Å². The molecule has 0 aromatic carbocycles. The molecule has 9 atom stereocenters. The molecule has 13 nitrogen and oxygen atoms in total. The Bertz CT molecular complexity index is 725. The van der Waals surface area contributed by atoms with E-state index >= 15 is 0 Å². The third-order valence-electron chi connectivity index (χ3n) is 4.84. The summed E-state index contributed by atoms with van der Waals surface area (Å²) in [5.74, 6) is -2.75. The van der Waals surface area contributed by atoms with Gasteiger partial charge in [-0.2, -0.15) is 0 Å². The van der Waals surface area contributed by atoms with Gasteiger partial charge in [-0.25, -0.2) is 0 Å². The van der Waals surface area contributed by atoms with Gasteiger partial charge in [-0.1, -0.05) is 0 Å². The van der Waals surface area contributed by atoms with Gasteiger partial charge in [-0.05, 0) is 6.92 Å². The van der Waals surface area contributed by atoms with Crippen LogP contribution in [0.2, 0.25) is 0 Å². The van der Waals surface area contributed by atoms with E-state index in [0.717, 1.165) is 13.8 Å². The van der Waals surface area contributed by atoms with Gasteiger partial charge in [0.1, 0.15) is 6.10 Å². The van der Waals surface area contributed by atoms with E-state index in [0.29, 0.717) is 0 Å². The maximum absolute atomic E-state index is 11.8. The number of methoxy groups -OCH3 is 2. The molecule has 0 unspecified atom stereocenters. The fraction of sp³-hybridized carbons (Fsp3) is 0.800. The van der Waals surface area contributed by atoms with Crippen molar-refractivity contribution in [3.63, 3.8) is 0 Å². The Balaban J connectivity index is 2.39. The second-order valence-corrected chi connectivity index (χ2v) is 7.45. The zero-order valence-electron chi connectivity index (χ0n) is 19.5. The Labute approximate surface area is 190 Å². The normalized spacial score (nSPS) is 36.0. The summed E-state index contributed by atoms with van der Waals surface area (Å²) in [4.78, 5) is 46.8. The molecule has 2 fully saturated rings. The zero-order chi connectivity index (χ0) is 24.9. The van der Waals surface area contributed by atoms with Crippen LogP contribution in [0.4, 0.5) is 0 Å². The third kappa shape index (κ3) is 6.84. The average Bonchev–Trinajstić information content (AvgIpc) is 3.02. The highest BCUT2D eigenvalue weighted by Crippen LogP contribution is 2.34. The molecule has 0 saturated carbocycles. The van der Waals surface area contributed by atoms with Crippen LogP contribution in [-0.4, -0.2) is 93.6 Å². The minimum absolute atomic E-state index is 0.651. The van der Waals surface area contributed by atoms with Crippen LogP contribution >= 0.6 is 0 Å². The smallest absolute Gasteiger partial charge is 0.305 e. The highest BCUT2D eigenvalue weighted by Gasteiger charge is 2.55. The number of esters is 4. The summed E-state index contributed by atoms with van der Waals surface area (Å²) in [5, 5.41) is 0. The molecule has 0 aromatic heterocycles. The molecular weight excluding hydrogens is 448 g/mol. The molecule has 2 aliphatic heterocycles. The Morgan fingerprint density at radius 3 is 1.55 bits per heavy atom. The molecule has 0 radical (unpaired) electrons. The van der Waals surface area contributed by atoms with Gasteiger partial charge in [0.05, 0.1) is 6.10 Å². The van der Waals surface area contributed by atoms with Gasteiger partial charge in [0, 0.05) is 41.9 Å². The van der Waals surface area contributed by atoms with Crippen LogP contribution in [0.5, 0.6) is 0 Å². The van der Waals surface area contributed by atoms with Crippen molar-refractivity contribution in [3.8, 4) is 0 Å². The van der Waals surface area contributed by atoms with Crippen molar-refractivity contribution in [2.45, 2.75) is 90.1 Å². The highest BCUT2D eigenvalue weighted by atomic mass is 16.8. The van der Waals surface area contributed by atoms with E-state index in [1.54, 1.807) is 6.92 Å². The van der Waals surface area contributed by atoms with Gasteiger partial charge < -0.3 is 42.6 Å². The molecule has 0 bridgehead atoms. The number of carbonyl (C=O) groups is 4. The van der Waals surface area contributed by atoms with Crippen molar-refractivity contribution in [3.05, 3.63) is 0 Å². The third-order valence-corrected chi connectivity index (χ3v) is 4.84. The molecule has 2 saturated heterocycles. The molecule has 188 valence electrons. The monoisotopic (exact) mass is 478 g/mol. The fourth-order valence-corrected chi connectivity index (χ4v) is 3.67. The van der Waals surface area contributed by atoms with Crippen LogP contribution in [-0.2, 0) is 61.8 Å². The Morgan fingerprint density at radius 1 is 0.545 bits per heavy atom. The van der Waals surface area contributed by atoms with Crippen molar-refractivity contribution in [2.75, 3.05) is 14.2 Å². The van der Waals surface area contributed by atoms with E-state index in [-0.39, 0.29) is 0 Å². The molecule has 33 heavy (non-hydrogen) atoms. The van der Waals surface area contributed by atoms with Crippen LogP contribution in [0.15, 0.2) is 0 Å². The lowest BCUT2D eigenvalue weighted by molar-refractivity contribution is -0.323. The SMILES string of the molecule is CO[C@@H]1O[C@H](OC(C)=O)[C@H](O[C@@H]2O[C@@H](C)[C@H](OC(C)=O)[C@@H](OC(C)=O)[C@H]2OC(C)=O)[C@H]1OC. The maximum Gasteiger partial charge on any atom is 0.305 e. The predicted octanol–water partition coefficient (Wildman–Crippen LogP) is -0.182. The topological polar surface area (TPSA) is 151 Å². The first-order valence-corrected chi connectivity index (χ1v) is 10.2. The average molecular weight is 478 g/mol. The van der Waals surface area contributed by atoms with Crippen LogP contribution in [0.3, 0.4) is 0 Å². The maximum atomic E-state index is 11.8. The van der Waals surface area contributed by atoms with Crippen LogP contribution in [0.25, 0.3) is 0 Å². The lowest BCUT2D eigenvalue weighted by Crippen LogP contribution is -2.62. The number of ether oxygens (including phenoxy) is 9. The van der Waals surface area contributed by atoms with Gasteiger partial charge in [0.25, 0.3) is 0 Å². The molecule has 2 rings (SSSR count). The molecule has 0 aliphatic carbocycles. The summed E-state index contributed by atoms with van der Waals surface area (Å²) in [5.41, 5.74) is 0. The minimum atomic E-state index is -1.35. The van der Waals surface area contributed by atoms with Crippen molar-refractivity contribution in [1.82, 2.24) is 0 Å². The van der Waals surface area contributed by atoms with Crippen molar-refractivity contribution < 1.29 is 61.8 Å². The Morgan fingerprint density at radius 2 is 1.06 bits per heavy atom. The van der Waals surface area contributed by atoms with E-state index in [9.17, 15) is 19.2 Å². The van der Waals surface area contributed by atoms with Crippen LogP contribution in [0, 0.1) is 0 Å². The molecule has 0 spiro atoms. The van der Waals surface area contributed by atoms with Crippen molar-refractivity contribution in [2.24, 2.45) is 0 Å². The molecular formula is C20H30O13. The molecule has 0 N–H and O–H groups in total. The van der Waals surface area contributed by atoms with E-state index in [2.05, 4.69) is 0 Å². The summed E-state index contributed by atoms with van der Waals surface area (Å²) in [6.07, 6.45) is -10.0. The number of rotatable bonds is 8. The van der Waals surface area contributed by atoms with Gasteiger partial charge >= 0.3 is 23.9 Å². The minimum Gasteiger partial charge on any atom is -0.456 e. The number of carbonyl (C=O) groups excluding carboxylic acids is 4. The lowest BCUT2D eigenvalue weighted by Gasteiger charge is -2.44.